The fraction of sp³-hybridized carbons (Fsp3) is 0.625. The van der Waals surface area contributed by atoms with Gasteiger partial charge in [0, 0.05) is 6.04 Å². The van der Waals surface area contributed by atoms with Gasteiger partial charge in [0.1, 0.15) is 5.75 Å². The second-order valence-corrected chi connectivity index (χ2v) is 5.85. The van der Waals surface area contributed by atoms with E-state index in [0.717, 1.165) is 6.42 Å². The minimum atomic E-state index is -4.15. The van der Waals surface area contributed by atoms with Crippen molar-refractivity contribution in [2.24, 2.45) is 5.92 Å². The second-order valence-electron chi connectivity index (χ2n) is 5.85. The van der Waals surface area contributed by atoms with Crippen LogP contribution in [-0.2, 0) is 0 Å². The zero-order valence-electron chi connectivity index (χ0n) is 12.4. The molecule has 0 saturated heterocycles. The summed E-state index contributed by atoms with van der Waals surface area (Å²) in [6.07, 6.45) is -1.94. The first-order chi connectivity index (χ1) is 9.88. The number of ether oxygens (including phenoxy) is 1. The minimum Gasteiger partial charge on any atom is -0.489 e. The predicted molar refractivity (Wildman–Crippen MR) is 77.6 cm³/mol. The van der Waals surface area contributed by atoms with Gasteiger partial charge in [0.15, 0.2) is 0 Å². The summed E-state index contributed by atoms with van der Waals surface area (Å²) in [6, 6.07) is 6.62. The maximum absolute atomic E-state index is 13.1. The van der Waals surface area contributed by atoms with Crippen LogP contribution in [0.15, 0.2) is 24.3 Å². The van der Waals surface area contributed by atoms with Crippen molar-refractivity contribution >= 4 is 5.69 Å². The molecule has 1 aromatic rings. The average molecular weight is 301 g/mol. The van der Waals surface area contributed by atoms with Crippen LogP contribution in [0.1, 0.15) is 39.5 Å². The van der Waals surface area contributed by atoms with Crippen LogP contribution in [0.25, 0.3) is 0 Å². The summed E-state index contributed by atoms with van der Waals surface area (Å²) in [6.45, 7) is 3.80. The summed E-state index contributed by atoms with van der Waals surface area (Å²) < 4.78 is 45.1. The van der Waals surface area contributed by atoms with Gasteiger partial charge in [-0.3, -0.25) is 0 Å². The number of halogens is 3. The van der Waals surface area contributed by atoms with E-state index in [0.29, 0.717) is 24.3 Å². The predicted octanol–water partition coefficient (Wildman–Crippen LogP) is 5.01. The minimum absolute atomic E-state index is 0.0160. The molecule has 2 rings (SSSR count). The van der Waals surface area contributed by atoms with Crippen LogP contribution in [0.3, 0.4) is 0 Å². The summed E-state index contributed by atoms with van der Waals surface area (Å²) in [7, 11) is 0. The monoisotopic (exact) mass is 301 g/mol. The van der Waals surface area contributed by atoms with Crippen molar-refractivity contribution in [1.82, 2.24) is 0 Å². The number of hydrogen-bond acceptors (Lipinski definition) is 2. The molecule has 1 saturated carbocycles. The van der Waals surface area contributed by atoms with E-state index in [-0.39, 0.29) is 12.5 Å². The maximum Gasteiger partial charge on any atom is 0.393 e. The molecule has 1 aromatic carbocycles. The molecule has 2 unspecified atom stereocenters. The summed E-state index contributed by atoms with van der Waals surface area (Å²) in [5.74, 6) is -0.669. The third kappa shape index (κ3) is 4.29. The van der Waals surface area contributed by atoms with Crippen LogP contribution in [-0.4, -0.2) is 18.3 Å². The molecule has 1 fully saturated rings. The van der Waals surface area contributed by atoms with E-state index in [1.54, 1.807) is 18.2 Å². The SMILES string of the molecule is CC(C)Oc1ccccc1NC1CCCCC1C(F)(F)F. The Hall–Kier alpha value is -1.39. The highest BCUT2D eigenvalue weighted by Gasteiger charge is 2.45. The van der Waals surface area contributed by atoms with Gasteiger partial charge in [-0.1, -0.05) is 25.0 Å². The lowest BCUT2D eigenvalue weighted by molar-refractivity contribution is -0.184. The second kappa shape index (κ2) is 6.58. The molecule has 0 amide bonds. The molecule has 1 aliphatic carbocycles. The highest BCUT2D eigenvalue weighted by atomic mass is 19.4. The van der Waals surface area contributed by atoms with Crippen LogP contribution in [0.4, 0.5) is 18.9 Å². The smallest absolute Gasteiger partial charge is 0.393 e. The lowest BCUT2D eigenvalue weighted by atomic mass is 9.84. The first kappa shape index (κ1) is 16.0. The molecule has 2 nitrogen and oxygen atoms in total. The maximum atomic E-state index is 13.1. The van der Waals surface area contributed by atoms with Gasteiger partial charge < -0.3 is 10.1 Å². The van der Waals surface area contributed by atoms with Gasteiger partial charge >= 0.3 is 6.18 Å². The molecule has 0 aromatic heterocycles. The first-order valence-corrected chi connectivity index (χ1v) is 7.47. The van der Waals surface area contributed by atoms with Crippen molar-refractivity contribution in [3.05, 3.63) is 24.3 Å². The molecule has 5 heteroatoms. The molecule has 0 bridgehead atoms. The van der Waals surface area contributed by atoms with Gasteiger partial charge in [-0.15, -0.1) is 0 Å². The summed E-state index contributed by atoms with van der Waals surface area (Å²) in [5.41, 5.74) is 0.646. The Morgan fingerprint density at radius 1 is 1.14 bits per heavy atom. The molecular formula is C16H22F3NO. The van der Waals surface area contributed by atoms with Gasteiger partial charge in [-0.25, -0.2) is 0 Å². The highest BCUT2D eigenvalue weighted by molar-refractivity contribution is 5.57. The van der Waals surface area contributed by atoms with Crippen molar-refractivity contribution in [3.8, 4) is 5.75 Å². The molecule has 0 heterocycles. The van der Waals surface area contributed by atoms with Gasteiger partial charge in [-0.05, 0) is 38.8 Å². The number of benzene rings is 1. The number of anilines is 1. The molecular weight excluding hydrogens is 279 g/mol. The van der Waals surface area contributed by atoms with E-state index in [2.05, 4.69) is 5.32 Å². The molecule has 21 heavy (non-hydrogen) atoms. The molecule has 0 radical (unpaired) electrons. The van der Waals surface area contributed by atoms with Gasteiger partial charge in [0.2, 0.25) is 0 Å². The zero-order chi connectivity index (χ0) is 15.5. The van der Waals surface area contributed by atoms with Gasteiger partial charge in [0.05, 0.1) is 17.7 Å². The van der Waals surface area contributed by atoms with E-state index >= 15 is 0 Å². The van der Waals surface area contributed by atoms with Crippen LogP contribution in [0, 0.1) is 5.92 Å². The Morgan fingerprint density at radius 2 is 1.81 bits per heavy atom. The standard InChI is InChI=1S/C16H22F3NO/c1-11(2)21-15-10-6-5-9-14(15)20-13-8-4-3-7-12(13)16(17,18)19/h5-6,9-13,20H,3-4,7-8H2,1-2H3. The van der Waals surface area contributed by atoms with Crippen LogP contribution in [0.2, 0.25) is 0 Å². The van der Waals surface area contributed by atoms with E-state index < -0.39 is 18.1 Å². The zero-order valence-corrected chi connectivity index (χ0v) is 12.4. The number of hydrogen-bond donors (Lipinski definition) is 1. The van der Waals surface area contributed by atoms with E-state index in [1.807, 2.05) is 19.9 Å². The average Bonchev–Trinajstić information content (AvgIpc) is 2.40. The Kier molecular flexibility index (Phi) is 5.01. The third-order valence-corrected chi connectivity index (χ3v) is 3.78. The summed E-state index contributed by atoms with van der Waals surface area (Å²) in [5, 5.41) is 3.07. The fourth-order valence-electron chi connectivity index (χ4n) is 2.84. The Bertz CT molecular complexity index is 459. The molecule has 2 atom stereocenters. The van der Waals surface area contributed by atoms with Crippen molar-refractivity contribution < 1.29 is 17.9 Å². The topological polar surface area (TPSA) is 21.3 Å². The normalized spacial score (nSPS) is 23.1. The molecule has 118 valence electrons. The quantitative estimate of drug-likeness (QED) is 0.844. The highest BCUT2D eigenvalue weighted by Crippen LogP contribution is 2.40. The number of nitrogens with one attached hydrogen (secondary N) is 1. The molecule has 1 aliphatic rings. The fourth-order valence-corrected chi connectivity index (χ4v) is 2.84. The largest absolute Gasteiger partial charge is 0.489 e. The number of rotatable bonds is 4. The number of para-hydroxylation sites is 2. The van der Waals surface area contributed by atoms with E-state index in [9.17, 15) is 13.2 Å². The molecule has 0 spiro atoms. The van der Waals surface area contributed by atoms with E-state index in [4.69, 9.17) is 4.74 Å². The van der Waals surface area contributed by atoms with E-state index in [1.165, 1.54) is 0 Å². The third-order valence-electron chi connectivity index (χ3n) is 3.78. The molecule has 0 aliphatic heterocycles. The molecule has 1 N–H and O–H groups in total. The van der Waals surface area contributed by atoms with Crippen LogP contribution < -0.4 is 10.1 Å². The summed E-state index contributed by atoms with van der Waals surface area (Å²) >= 11 is 0. The van der Waals surface area contributed by atoms with Crippen molar-refractivity contribution in [1.29, 1.82) is 0 Å². The summed E-state index contributed by atoms with van der Waals surface area (Å²) in [4.78, 5) is 0. The lowest BCUT2D eigenvalue weighted by Crippen LogP contribution is -2.41. The Balaban J connectivity index is 2.16. The number of alkyl halides is 3. The van der Waals surface area contributed by atoms with Crippen LogP contribution in [0.5, 0.6) is 5.75 Å². The Morgan fingerprint density at radius 3 is 2.48 bits per heavy atom. The lowest BCUT2D eigenvalue weighted by Gasteiger charge is -2.34. The van der Waals surface area contributed by atoms with Crippen molar-refractivity contribution in [3.63, 3.8) is 0 Å². The van der Waals surface area contributed by atoms with Crippen molar-refractivity contribution in [2.75, 3.05) is 5.32 Å². The van der Waals surface area contributed by atoms with Gasteiger partial charge in [0.25, 0.3) is 0 Å². The van der Waals surface area contributed by atoms with Crippen molar-refractivity contribution in [2.45, 2.75) is 57.9 Å². The van der Waals surface area contributed by atoms with Gasteiger partial charge in [-0.2, -0.15) is 13.2 Å². The Labute approximate surface area is 123 Å². The first-order valence-electron chi connectivity index (χ1n) is 7.47. The van der Waals surface area contributed by atoms with Crippen LogP contribution >= 0.6 is 0 Å².